The topological polar surface area (TPSA) is 24.9 Å². The molecule has 1 aliphatic heterocycles. The molecule has 80 valence electrons. The first-order valence-electron chi connectivity index (χ1n) is 5.19. The van der Waals surface area contributed by atoms with Crippen LogP contribution in [0, 0.1) is 0 Å². The predicted octanol–water partition coefficient (Wildman–Crippen LogP) is 3.13. The fraction of sp³-hybridized carbons (Fsp3) is 0.0714. The summed E-state index contributed by atoms with van der Waals surface area (Å²) < 4.78 is 0. The standard InChI is InChI=1S/C14H14N2/c1-3-12-5-7-16-14(9-12)13-8-11(2)4-6-15-10-13/h3-10,15H,1H2,2H3. The lowest BCUT2D eigenvalue weighted by Crippen LogP contribution is -1.94. The van der Waals surface area contributed by atoms with Gasteiger partial charge >= 0.3 is 0 Å². The maximum Gasteiger partial charge on any atom is 0.0722 e. The molecule has 1 aromatic heterocycles. The molecule has 2 rings (SSSR count). The Morgan fingerprint density at radius 2 is 2.31 bits per heavy atom. The summed E-state index contributed by atoms with van der Waals surface area (Å²) in [5.74, 6) is 0. The molecule has 2 nitrogen and oxygen atoms in total. The molecule has 16 heavy (non-hydrogen) atoms. The zero-order valence-electron chi connectivity index (χ0n) is 9.27. The molecule has 2 heterocycles. The number of nitrogens with zero attached hydrogens (tertiary/aromatic N) is 1. The molecule has 0 atom stereocenters. The van der Waals surface area contributed by atoms with Gasteiger partial charge < -0.3 is 5.32 Å². The van der Waals surface area contributed by atoms with Gasteiger partial charge in [-0.05, 0) is 42.3 Å². The number of pyridine rings is 1. The molecule has 0 fully saturated rings. The number of hydrogen-bond donors (Lipinski definition) is 1. The average molecular weight is 210 g/mol. The lowest BCUT2D eigenvalue weighted by Gasteiger charge is -2.03. The van der Waals surface area contributed by atoms with Gasteiger partial charge in [0.15, 0.2) is 0 Å². The van der Waals surface area contributed by atoms with Crippen molar-refractivity contribution in [3.8, 4) is 0 Å². The molecular formula is C14H14N2. The molecule has 0 aromatic carbocycles. The van der Waals surface area contributed by atoms with Crippen molar-refractivity contribution in [1.29, 1.82) is 0 Å². The zero-order chi connectivity index (χ0) is 11.4. The summed E-state index contributed by atoms with van der Waals surface area (Å²) in [6.45, 7) is 5.82. The van der Waals surface area contributed by atoms with Crippen LogP contribution in [-0.2, 0) is 0 Å². The second kappa shape index (κ2) is 4.62. The van der Waals surface area contributed by atoms with Crippen molar-refractivity contribution in [1.82, 2.24) is 10.3 Å². The van der Waals surface area contributed by atoms with Crippen LogP contribution in [0.3, 0.4) is 0 Å². The van der Waals surface area contributed by atoms with E-state index in [0.717, 1.165) is 16.8 Å². The van der Waals surface area contributed by atoms with E-state index in [1.54, 1.807) is 6.20 Å². The first-order chi connectivity index (χ1) is 7.79. The molecule has 0 unspecified atom stereocenters. The van der Waals surface area contributed by atoms with Crippen molar-refractivity contribution < 1.29 is 0 Å². The fourth-order valence-electron chi connectivity index (χ4n) is 1.53. The third-order valence-corrected chi connectivity index (χ3v) is 2.38. The van der Waals surface area contributed by atoms with E-state index in [1.165, 1.54) is 5.57 Å². The quantitative estimate of drug-likeness (QED) is 0.811. The van der Waals surface area contributed by atoms with E-state index in [4.69, 9.17) is 0 Å². The average Bonchev–Trinajstić information content (AvgIpc) is 2.54. The monoisotopic (exact) mass is 210 g/mol. The second-order valence-corrected chi connectivity index (χ2v) is 3.67. The Morgan fingerprint density at radius 3 is 3.12 bits per heavy atom. The summed E-state index contributed by atoms with van der Waals surface area (Å²) in [4.78, 5) is 4.36. The molecule has 0 amide bonds. The van der Waals surface area contributed by atoms with Crippen molar-refractivity contribution in [2.75, 3.05) is 0 Å². The van der Waals surface area contributed by atoms with E-state index in [1.807, 2.05) is 36.7 Å². The van der Waals surface area contributed by atoms with Crippen molar-refractivity contribution >= 4 is 11.6 Å². The van der Waals surface area contributed by atoms with E-state index >= 15 is 0 Å². The molecule has 0 aliphatic carbocycles. The highest BCUT2D eigenvalue weighted by Crippen LogP contribution is 2.18. The number of hydrogen-bond acceptors (Lipinski definition) is 2. The van der Waals surface area contributed by atoms with Gasteiger partial charge in [-0.1, -0.05) is 12.7 Å². The number of allylic oxidation sites excluding steroid dienone is 4. The van der Waals surface area contributed by atoms with Gasteiger partial charge in [0.1, 0.15) is 0 Å². The van der Waals surface area contributed by atoms with Crippen LogP contribution in [0.1, 0.15) is 18.2 Å². The summed E-state index contributed by atoms with van der Waals surface area (Å²) in [5, 5.41) is 3.10. The van der Waals surface area contributed by atoms with Crippen LogP contribution in [0.15, 0.2) is 55.0 Å². The van der Waals surface area contributed by atoms with E-state index in [9.17, 15) is 0 Å². The van der Waals surface area contributed by atoms with Gasteiger partial charge in [-0.3, -0.25) is 4.98 Å². The van der Waals surface area contributed by atoms with Crippen LogP contribution in [0.5, 0.6) is 0 Å². The first-order valence-corrected chi connectivity index (χ1v) is 5.19. The summed E-state index contributed by atoms with van der Waals surface area (Å²) in [6.07, 6.45) is 11.6. The first kappa shape index (κ1) is 10.4. The normalized spacial score (nSPS) is 14.6. The van der Waals surface area contributed by atoms with Crippen LogP contribution in [0.4, 0.5) is 0 Å². The molecular weight excluding hydrogens is 196 g/mol. The molecule has 0 radical (unpaired) electrons. The lowest BCUT2D eigenvalue weighted by molar-refractivity contribution is 1.19. The Hall–Kier alpha value is -2.09. The van der Waals surface area contributed by atoms with Gasteiger partial charge in [0.05, 0.1) is 5.69 Å². The SMILES string of the molecule is C=Cc1ccnc(C2=CNC=CC(C)=C2)c1. The highest BCUT2D eigenvalue weighted by atomic mass is 14.8. The minimum atomic E-state index is 0.952. The Morgan fingerprint density at radius 1 is 1.44 bits per heavy atom. The van der Waals surface area contributed by atoms with Crippen molar-refractivity contribution in [3.63, 3.8) is 0 Å². The Bertz CT molecular complexity index is 493. The minimum Gasteiger partial charge on any atom is -0.367 e. The molecule has 0 saturated heterocycles. The van der Waals surface area contributed by atoms with E-state index in [0.29, 0.717) is 0 Å². The largest absolute Gasteiger partial charge is 0.367 e. The highest BCUT2D eigenvalue weighted by molar-refractivity contribution is 5.74. The van der Waals surface area contributed by atoms with E-state index < -0.39 is 0 Å². The molecule has 0 saturated carbocycles. The van der Waals surface area contributed by atoms with E-state index in [2.05, 4.69) is 29.9 Å². The van der Waals surface area contributed by atoms with Gasteiger partial charge in [0.2, 0.25) is 0 Å². The Kier molecular flexibility index (Phi) is 3.01. The fourth-order valence-corrected chi connectivity index (χ4v) is 1.53. The summed E-state index contributed by atoms with van der Waals surface area (Å²) in [5.41, 5.74) is 4.30. The second-order valence-electron chi connectivity index (χ2n) is 3.67. The van der Waals surface area contributed by atoms with E-state index in [-0.39, 0.29) is 0 Å². The van der Waals surface area contributed by atoms with Crippen molar-refractivity contribution in [2.45, 2.75) is 6.92 Å². The molecule has 1 aliphatic rings. The van der Waals surface area contributed by atoms with Gasteiger partial charge in [-0.25, -0.2) is 0 Å². The predicted molar refractivity (Wildman–Crippen MR) is 68.3 cm³/mol. The van der Waals surface area contributed by atoms with Crippen LogP contribution in [0.2, 0.25) is 0 Å². The lowest BCUT2D eigenvalue weighted by atomic mass is 10.1. The number of aromatic nitrogens is 1. The number of rotatable bonds is 2. The smallest absolute Gasteiger partial charge is 0.0722 e. The zero-order valence-corrected chi connectivity index (χ0v) is 9.27. The van der Waals surface area contributed by atoms with Crippen molar-refractivity contribution in [3.05, 3.63) is 66.3 Å². The van der Waals surface area contributed by atoms with Crippen LogP contribution in [-0.4, -0.2) is 4.98 Å². The van der Waals surface area contributed by atoms with Gasteiger partial charge in [-0.2, -0.15) is 0 Å². The van der Waals surface area contributed by atoms with Gasteiger partial charge in [0.25, 0.3) is 0 Å². The molecule has 2 heteroatoms. The summed E-state index contributed by atoms with van der Waals surface area (Å²) in [6, 6.07) is 3.96. The van der Waals surface area contributed by atoms with Gasteiger partial charge in [0, 0.05) is 24.2 Å². The maximum absolute atomic E-state index is 4.36. The van der Waals surface area contributed by atoms with Crippen molar-refractivity contribution in [2.24, 2.45) is 0 Å². The van der Waals surface area contributed by atoms with Crippen LogP contribution in [0.25, 0.3) is 11.6 Å². The Labute approximate surface area is 95.7 Å². The molecule has 0 bridgehead atoms. The summed E-state index contributed by atoms with van der Waals surface area (Å²) in [7, 11) is 0. The molecule has 0 spiro atoms. The maximum atomic E-state index is 4.36. The van der Waals surface area contributed by atoms with Crippen LogP contribution >= 0.6 is 0 Å². The highest BCUT2D eigenvalue weighted by Gasteiger charge is 2.02. The molecule has 1 aromatic rings. The third-order valence-electron chi connectivity index (χ3n) is 2.38. The van der Waals surface area contributed by atoms with Crippen LogP contribution < -0.4 is 5.32 Å². The Balaban J connectivity index is 2.40. The number of nitrogens with one attached hydrogen (secondary N) is 1. The molecule has 1 N–H and O–H groups in total. The van der Waals surface area contributed by atoms with Gasteiger partial charge in [-0.15, -0.1) is 0 Å². The summed E-state index contributed by atoms with van der Waals surface area (Å²) >= 11 is 0. The minimum absolute atomic E-state index is 0.952. The third kappa shape index (κ3) is 2.28.